The molecular weight excluding hydrogens is 246 g/mol. The van der Waals surface area contributed by atoms with Crippen LogP contribution in [0.3, 0.4) is 0 Å². The molecular formula is C6H9NO4S3. The highest BCUT2D eigenvalue weighted by atomic mass is 32.2. The van der Waals surface area contributed by atoms with E-state index in [1.54, 1.807) is 6.92 Å². The molecule has 8 heteroatoms. The summed E-state index contributed by atoms with van der Waals surface area (Å²) in [4.78, 5) is 12.2. The Bertz CT molecular complexity index is 347. The molecule has 1 aliphatic rings. The van der Waals surface area contributed by atoms with Crippen molar-refractivity contribution in [2.24, 2.45) is 0 Å². The molecule has 80 valence electrons. The minimum Gasteiger partial charge on any atom is -0.284 e. The van der Waals surface area contributed by atoms with Crippen molar-refractivity contribution in [2.45, 2.75) is 18.7 Å². The van der Waals surface area contributed by atoms with Gasteiger partial charge in [0.2, 0.25) is 5.91 Å². The van der Waals surface area contributed by atoms with Gasteiger partial charge in [0.15, 0.2) is 5.37 Å². The first-order chi connectivity index (χ1) is 6.38. The van der Waals surface area contributed by atoms with Crippen molar-refractivity contribution < 1.29 is 17.8 Å². The lowest BCUT2D eigenvalue weighted by molar-refractivity contribution is -0.124. The Kier molecular flexibility index (Phi) is 3.51. The van der Waals surface area contributed by atoms with Crippen LogP contribution in [-0.4, -0.2) is 39.2 Å². The fraction of sp³-hybridized carbons (Fsp3) is 0.667. The van der Waals surface area contributed by atoms with Crippen LogP contribution in [0.1, 0.15) is 13.3 Å². The second-order valence-electron chi connectivity index (χ2n) is 2.70. The number of hydrogen-bond acceptors (Lipinski definition) is 5. The predicted octanol–water partition coefficient (Wildman–Crippen LogP) is 0.471. The maximum atomic E-state index is 11.3. The second-order valence-corrected chi connectivity index (χ2v) is 5.88. The molecule has 1 aliphatic heterocycles. The van der Waals surface area contributed by atoms with Crippen LogP contribution in [0.4, 0.5) is 0 Å². The lowest BCUT2D eigenvalue weighted by atomic mass is 10.4. The number of nitrogens with zero attached hydrogens (tertiary/aromatic N) is 1. The molecule has 1 rings (SSSR count). The number of thiocarbonyl (C=S) groups is 1. The number of hydrogen-bond donors (Lipinski definition) is 1. The van der Waals surface area contributed by atoms with Crippen molar-refractivity contribution in [3.8, 4) is 0 Å². The third-order valence-corrected chi connectivity index (χ3v) is 4.38. The van der Waals surface area contributed by atoms with E-state index in [-0.39, 0.29) is 22.4 Å². The number of rotatable bonds is 3. The molecule has 0 bridgehead atoms. The fourth-order valence-corrected chi connectivity index (χ4v) is 3.37. The molecule has 0 aromatic carbocycles. The molecule has 0 saturated carbocycles. The van der Waals surface area contributed by atoms with Crippen LogP contribution in [0.2, 0.25) is 0 Å². The topological polar surface area (TPSA) is 74.7 Å². The molecule has 0 aromatic rings. The van der Waals surface area contributed by atoms with Crippen LogP contribution in [0.15, 0.2) is 0 Å². The van der Waals surface area contributed by atoms with Gasteiger partial charge in [-0.25, -0.2) is 0 Å². The van der Waals surface area contributed by atoms with E-state index in [0.717, 1.165) is 16.7 Å². The zero-order chi connectivity index (χ0) is 10.9. The molecule has 1 unspecified atom stereocenters. The second kappa shape index (κ2) is 4.13. The highest BCUT2D eigenvalue weighted by Gasteiger charge is 2.38. The minimum atomic E-state index is -4.26. The molecule has 0 radical (unpaired) electrons. The van der Waals surface area contributed by atoms with Crippen LogP contribution in [0.25, 0.3) is 0 Å². The van der Waals surface area contributed by atoms with Gasteiger partial charge in [-0.05, 0) is 6.42 Å². The quantitative estimate of drug-likeness (QED) is 0.583. The van der Waals surface area contributed by atoms with E-state index in [9.17, 15) is 13.2 Å². The molecule has 1 N–H and O–H groups in total. The summed E-state index contributed by atoms with van der Waals surface area (Å²) < 4.78 is 31.0. The van der Waals surface area contributed by atoms with Crippen molar-refractivity contribution in [1.82, 2.24) is 4.90 Å². The Morgan fingerprint density at radius 1 is 1.71 bits per heavy atom. The van der Waals surface area contributed by atoms with Gasteiger partial charge in [-0.2, -0.15) is 8.42 Å². The van der Waals surface area contributed by atoms with Gasteiger partial charge < -0.3 is 0 Å². The first-order valence-electron chi connectivity index (χ1n) is 3.83. The van der Waals surface area contributed by atoms with Crippen LogP contribution < -0.4 is 0 Å². The number of carbonyl (C=O) groups excluding carboxylic acids is 1. The van der Waals surface area contributed by atoms with E-state index >= 15 is 0 Å². The molecule has 1 saturated heterocycles. The van der Waals surface area contributed by atoms with Crippen molar-refractivity contribution in [2.75, 3.05) is 5.75 Å². The molecule has 1 heterocycles. The molecule has 14 heavy (non-hydrogen) atoms. The molecule has 1 amide bonds. The summed E-state index contributed by atoms with van der Waals surface area (Å²) in [6.07, 6.45) is 0.116. The monoisotopic (exact) mass is 255 g/mol. The van der Waals surface area contributed by atoms with Gasteiger partial charge in [0.05, 0.1) is 5.75 Å². The first-order valence-corrected chi connectivity index (χ1v) is 6.72. The summed E-state index contributed by atoms with van der Waals surface area (Å²) in [6, 6.07) is 0. The number of carbonyl (C=O) groups is 1. The van der Waals surface area contributed by atoms with Gasteiger partial charge in [-0.15, -0.1) is 0 Å². The van der Waals surface area contributed by atoms with E-state index in [1.165, 1.54) is 0 Å². The van der Waals surface area contributed by atoms with E-state index < -0.39 is 15.5 Å². The van der Waals surface area contributed by atoms with Gasteiger partial charge in [-0.3, -0.25) is 14.2 Å². The average Bonchev–Trinajstić information content (AvgIpc) is 2.34. The maximum absolute atomic E-state index is 11.3. The summed E-state index contributed by atoms with van der Waals surface area (Å²) in [7, 11) is -4.26. The fourth-order valence-electron chi connectivity index (χ4n) is 1.17. The van der Waals surface area contributed by atoms with Gasteiger partial charge in [0, 0.05) is 0 Å². The van der Waals surface area contributed by atoms with Gasteiger partial charge in [0.1, 0.15) is 4.32 Å². The maximum Gasteiger partial charge on any atom is 0.286 e. The Labute approximate surface area is 91.6 Å². The van der Waals surface area contributed by atoms with Crippen LogP contribution in [-0.2, 0) is 14.9 Å². The van der Waals surface area contributed by atoms with Crippen molar-refractivity contribution in [1.29, 1.82) is 0 Å². The van der Waals surface area contributed by atoms with Crippen molar-refractivity contribution in [3.05, 3.63) is 0 Å². The van der Waals surface area contributed by atoms with Crippen LogP contribution >= 0.6 is 24.0 Å². The van der Waals surface area contributed by atoms with Crippen LogP contribution in [0.5, 0.6) is 0 Å². The lowest BCUT2D eigenvalue weighted by Gasteiger charge is -2.22. The van der Waals surface area contributed by atoms with E-state index in [1.807, 2.05) is 0 Å². The predicted molar refractivity (Wildman–Crippen MR) is 57.5 cm³/mol. The summed E-state index contributed by atoms with van der Waals surface area (Å²) >= 11 is 5.93. The summed E-state index contributed by atoms with van der Waals surface area (Å²) in [5.74, 6) is -0.227. The first kappa shape index (κ1) is 11.9. The minimum absolute atomic E-state index is 0.116. The zero-order valence-electron chi connectivity index (χ0n) is 7.34. The van der Waals surface area contributed by atoms with Gasteiger partial charge in [0.25, 0.3) is 10.1 Å². The number of amides is 1. The molecule has 0 spiro atoms. The van der Waals surface area contributed by atoms with Crippen molar-refractivity contribution >= 4 is 44.3 Å². The number of thioether (sulfide) groups is 1. The summed E-state index contributed by atoms with van der Waals surface area (Å²) in [6.45, 7) is 1.57. The highest BCUT2D eigenvalue weighted by Crippen LogP contribution is 2.25. The third-order valence-electron chi connectivity index (χ3n) is 1.77. The largest absolute Gasteiger partial charge is 0.286 e. The molecule has 5 nitrogen and oxygen atoms in total. The SMILES string of the molecule is CCC(N1C(=O)CSC1=S)S(=O)(=O)O. The normalized spacial score (nSPS) is 20.3. The lowest BCUT2D eigenvalue weighted by Crippen LogP contribution is -2.43. The Hall–Kier alpha value is -0.180. The molecule has 1 atom stereocenters. The van der Waals surface area contributed by atoms with Crippen LogP contribution in [0, 0.1) is 0 Å². The van der Waals surface area contributed by atoms with E-state index in [4.69, 9.17) is 16.8 Å². The molecule has 0 aromatic heterocycles. The Morgan fingerprint density at radius 3 is 2.57 bits per heavy atom. The Balaban J connectivity index is 3.01. The highest BCUT2D eigenvalue weighted by molar-refractivity contribution is 8.24. The molecule has 1 fully saturated rings. The third kappa shape index (κ3) is 2.25. The Morgan fingerprint density at radius 2 is 2.29 bits per heavy atom. The summed E-state index contributed by atoms with van der Waals surface area (Å²) in [5.41, 5.74) is 0. The standard InChI is InChI=1S/C6H9NO4S3/c1-2-5(14(9,10)11)7-4(8)3-13-6(7)12/h5H,2-3H2,1H3,(H,9,10,11). The van der Waals surface area contributed by atoms with E-state index in [2.05, 4.69) is 0 Å². The zero-order valence-corrected chi connectivity index (χ0v) is 9.78. The van der Waals surface area contributed by atoms with Gasteiger partial charge in [-0.1, -0.05) is 30.9 Å². The van der Waals surface area contributed by atoms with Crippen molar-refractivity contribution in [3.63, 3.8) is 0 Å². The van der Waals surface area contributed by atoms with E-state index in [0.29, 0.717) is 0 Å². The van der Waals surface area contributed by atoms with Gasteiger partial charge >= 0.3 is 0 Å². The summed E-state index contributed by atoms with van der Waals surface area (Å²) in [5, 5.41) is -1.24. The smallest absolute Gasteiger partial charge is 0.284 e. The molecule has 0 aliphatic carbocycles. The average molecular weight is 255 g/mol.